The second-order valence-corrected chi connectivity index (χ2v) is 24.1. The van der Waals surface area contributed by atoms with Crippen molar-refractivity contribution in [2.75, 3.05) is 32.7 Å². The Hall–Kier alpha value is -5.37. The number of benzene rings is 3. The van der Waals surface area contributed by atoms with Gasteiger partial charge in [-0.25, -0.2) is 4.98 Å². The van der Waals surface area contributed by atoms with Crippen LogP contribution in [0.25, 0.3) is 10.4 Å². The number of aliphatic hydroxyl groups excluding tert-OH is 1. The van der Waals surface area contributed by atoms with E-state index in [0.29, 0.717) is 21.9 Å². The van der Waals surface area contributed by atoms with Crippen molar-refractivity contribution in [1.82, 2.24) is 35.6 Å². The molecule has 3 aliphatic heterocycles. The predicted molar refractivity (Wildman–Crippen MR) is 280 cm³/mol. The van der Waals surface area contributed by atoms with Crippen LogP contribution in [0.2, 0.25) is 5.02 Å². The summed E-state index contributed by atoms with van der Waals surface area (Å²) in [4.78, 5) is 67.4. The molecule has 8 rings (SSSR count). The first-order valence-corrected chi connectivity index (χ1v) is 26.6. The highest BCUT2D eigenvalue weighted by atomic mass is 35.5. The van der Waals surface area contributed by atoms with Gasteiger partial charge in [-0.2, -0.15) is 5.26 Å². The van der Waals surface area contributed by atoms with Crippen molar-refractivity contribution in [3.63, 3.8) is 0 Å². The number of nitrogens with one attached hydrogen (secondary N) is 3. The Balaban J connectivity index is 0.790. The van der Waals surface area contributed by atoms with Crippen LogP contribution in [0, 0.1) is 34.5 Å². The third-order valence-electron chi connectivity index (χ3n) is 15.7. The maximum Gasteiger partial charge on any atom is 0.251 e. The van der Waals surface area contributed by atoms with Crippen molar-refractivity contribution in [2.45, 2.75) is 143 Å². The molecule has 3 saturated heterocycles. The quantitative estimate of drug-likeness (QED) is 0.0869. The fourth-order valence-electron chi connectivity index (χ4n) is 12.0. The molecule has 1 aliphatic carbocycles. The average molecular weight is 1020 g/mol. The molecule has 4 aromatic rings. The van der Waals surface area contributed by atoms with Crippen LogP contribution in [-0.2, 0) is 20.8 Å². The van der Waals surface area contributed by atoms with Crippen LogP contribution in [0.1, 0.15) is 120 Å². The number of aliphatic hydroxyl groups is 1. The lowest BCUT2D eigenvalue weighted by Crippen LogP contribution is -2.74. The van der Waals surface area contributed by atoms with Gasteiger partial charge >= 0.3 is 0 Å². The Morgan fingerprint density at radius 1 is 0.958 bits per heavy atom. The molecule has 0 unspecified atom stereocenters. The molecule has 4 aliphatic rings. The summed E-state index contributed by atoms with van der Waals surface area (Å²) in [6.07, 6.45) is 2.92. The van der Waals surface area contributed by atoms with Crippen LogP contribution >= 0.6 is 22.9 Å². The lowest BCUT2D eigenvalue weighted by Gasteiger charge is -2.63. The Kier molecular flexibility index (Phi) is 15.6. The number of likely N-dealkylation sites (tertiary alicyclic amines) is 2. The zero-order chi connectivity index (χ0) is 51.9. The number of amides is 4. The number of carbonyl (C=O) groups is 4. The van der Waals surface area contributed by atoms with Gasteiger partial charge in [-0.05, 0) is 92.4 Å². The van der Waals surface area contributed by atoms with Crippen molar-refractivity contribution < 1.29 is 29.0 Å². The highest BCUT2D eigenvalue weighted by Crippen LogP contribution is 2.55. The number of fused-ring (bicyclic) bond motifs is 2. The molecule has 4 fully saturated rings. The molecule has 72 heavy (non-hydrogen) atoms. The van der Waals surface area contributed by atoms with Gasteiger partial charge in [0.25, 0.3) is 5.91 Å². The Bertz CT molecular complexity index is 2650. The Labute approximate surface area is 433 Å². The summed E-state index contributed by atoms with van der Waals surface area (Å²) in [5, 5.41) is 29.8. The molecule has 0 radical (unpaired) electrons. The maximum atomic E-state index is 14.4. The van der Waals surface area contributed by atoms with E-state index >= 15 is 0 Å². The lowest BCUT2D eigenvalue weighted by molar-refractivity contribution is -0.164. The average Bonchev–Trinajstić information content (AvgIpc) is 4.01. The molecule has 14 nitrogen and oxygen atoms in total. The number of ether oxygens (including phenoxy) is 1. The van der Waals surface area contributed by atoms with Crippen molar-refractivity contribution in [1.29, 1.82) is 5.26 Å². The molecular weight excluding hydrogens is 948 g/mol. The van der Waals surface area contributed by atoms with E-state index in [2.05, 4.69) is 64.5 Å². The standard InChI is InChI=1S/C56H71ClN8O6S/c1-33(36-16-18-37(19-17-36)47-34(2)59-32-72-47)60-50(69)45-25-42(66)30-65(45)51(70)48(54(3,4)5)61-46(67)31-64-40-21-22-41(64)29-63(28-40)24-10-11-35-12-14-38(15-13-35)49(68)62-52-55(6,7)53(56(52,8)9)71-43-23-20-39(27-58)44(57)26-43/h12-20,23,26,32-33,40-42,45,48,52-53,66H,10-11,21-22,24-25,28-31H2,1-9H3,(H,60,69)(H,61,67)(H,62,68)/t33-,40-,41-,42+,45-,48+,52?,53?/m0/s1. The van der Waals surface area contributed by atoms with Gasteiger partial charge in [0, 0.05) is 66.6 Å². The number of piperazine rings is 1. The Morgan fingerprint density at radius 3 is 2.22 bits per heavy atom. The van der Waals surface area contributed by atoms with Gasteiger partial charge in [-0.15, -0.1) is 11.3 Å². The van der Waals surface area contributed by atoms with Gasteiger partial charge in [0.15, 0.2) is 0 Å². The molecule has 1 aromatic heterocycles. The maximum absolute atomic E-state index is 14.4. The van der Waals surface area contributed by atoms with Crippen molar-refractivity contribution in [2.24, 2.45) is 16.2 Å². The number of carbonyl (C=O) groups excluding carboxylic acids is 4. The molecule has 4 heterocycles. The summed E-state index contributed by atoms with van der Waals surface area (Å²) in [6.45, 7) is 20.8. The van der Waals surface area contributed by atoms with Crippen LogP contribution < -0.4 is 20.7 Å². The van der Waals surface area contributed by atoms with E-state index in [9.17, 15) is 29.5 Å². The summed E-state index contributed by atoms with van der Waals surface area (Å²) in [5.74, 6) is -0.462. The molecule has 0 spiro atoms. The van der Waals surface area contributed by atoms with E-state index in [1.165, 1.54) is 10.5 Å². The van der Waals surface area contributed by atoms with Crippen LogP contribution in [0.4, 0.5) is 0 Å². The van der Waals surface area contributed by atoms with Gasteiger partial charge in [-0.3, -0.25) is 24.1 Å². The van der Waals surface area contributed by atoms with Crippen LogP contribution in [0.3, 0.4) is 0 Å². The number of halogens is 1. The highest BCUT2D eigenvalue weighted by molar-refractivity contribution is 7.13. The number of rotatable bonds is 16. The van der Waals surface area contributed by atoms with Gasteiger partial charge < -0.3 is 35.6 Å². The molecule has 16 heteroatoms. The second kappa shape index (κ2) is 21.2. The highest BCUT2D eigenvalue weighted by Gasteiger charge is 2.64. The molecule has 384 valence electrons. The summed E-state index contributed by atoms with van der Waals surface area (Å²) >= 11 is 7.86. The minimum absolute atomic E-state index is 0.0150. The van der Waals surface area contributed by atoms with Gasteiger partial charge in [0.2, 0.25) is 17.7 Å². The third-order valence-corrected chi connectivity index (χ3v) is 17.0. The third kappa shape index (κ3) is 11.2. The number of aryl methyl sites for hydroxylation is 2. The van der Waals surface area contributed by atoms with Crippen LogP contribution in [0.15, 0.2) is 72.2 Å². The van der Waals surface area contributed by atoms with E-state index < -0.39 is 23.6 Å². The number of nitrogens with zero attached hydrogens (tertiary/aromatic N) is 5. The summed E-state index contributed by atoms with van der Waals surface area (Å²) in [7, 11) is 0. The summed E-state index contributed by atoms with van der Waals surface area (Å²) in [5.41, 5.74) is 5.56. The molecule has 4 N–H and O–H groups in total. The fraction of sp³-hybridized carbons (Fsp3) is 0.536. The predicted octanol–water partition coefficient (Wildman–Crippen LogP) is 7.71. The minimum atomic E-state index is -0.897. The first kappa shape index (κ1) is 52.9. The van der Waals surface area contributed by atoms with Crippen LogP contribution in [0.5, 0.6) is 5.75 Å². The Morgan fingerprint density at radius 2 is 1.62 bits per heavy atom. The minimum Gasteiger partial charge on any atom is -0.489 e. The van der Waals surface area contributed by atoms with E-state index in [4.69, 9.17) is 16.3 Å². The number of hydrogen-bond acceptors (Lipinski definition) is 11. The van der Waals surface area contributed by atoms with Crippen molar-refractivity contribution in [3.05, 3.63) is 105 Å². The number of aromatic nitrogens is 1. The smallest absolute Gasteiger partial charge is 0.251 e. The topological polar surface area (TPSA) is 180 Å². The lowest BCUT2D eigenvalue weighted by atomic mass is 9.49. The summed E-state index contributed by atoms with van der Waals surface area (Å²) in [6, 6.07) is 21.3. The van der Waals surface area contributed by atoms with E-state index in [1.54, 1.807) is 29.5 Å². The monoisotopic (exact) mass is 1020 g/mol. The van der Waals surface area contributed by atoms with Crippen molar-refractivity contribution >= 4 is 46.6 Å². The first-order chi connectivity index (χ1) is 34.0. The molecule has 4 amide bonds. The van der Waals surface area contributed by atoms with Gasteiger partial charge in [0.05, 0.1) is 45.4 Å². The van der Waals surface area contributed by atoms with E-state index in [0.717, 1.165) is 67.0 Å². The number of hydrogen-bond donors (Lipinski definition) is 4. The number of nitriles is 1. The number of β-amino-alcohol motifs (C(OH)–C–C–N with tert-alkyl or cyclic N) is 1. The normalized spacial score (nSPS) is 24.4. The van der Waals surface area contributed by atoms with E-state index in [-0.39, 0.29) is 84.2 Å². The van der Waals surface area contributed by atoms with Gasteiger partial charge in [-0.1, -0.05) is 96.5 Å². The largest absolute Gasteiger partial charge is 0.489 e. The van der Waals surface area contributed by atoms with Crippen molar-refractivity contribution in [3.8, 4) is 22.3 Å². The molecule has 1 saturated carbocycles. The fourth-order valence-corrected chi connectivity index (χ4v) is 13.1. The number of thiazole rings is 1. The zero-order valence-corrected chi connectivity index (χ0v) is 44.7. The van der Waals surface area contributed by atoms with Gasteiger partial charge in [0.1, 0.15) is 30.0 Å². The molecule has 6 atom stereocenters. The second-order valence-electron chi connectivity index (χ2n) is 22.8. The molecular formula is C56H71ClN8O6S. The molecule has 2 bridgehead atoms. The molecule has 3 aromatic carbocycles. The van der Waals surface area contributed by atoms with E-state index in [1.807, 2.05) is 88.7 Å². The zero-order valence-electron chi connectivity index (χ0n) is 43.1. The first-order valence-electron chi connectivity index (χ1n) is 25.4. The van der Waals surface area contributed by atoms with Crippen LogP contribution in [-0.4, -0.2) is 124 Å². The summed E-state index contributed by atoms with van der Waals surface area (Å²) < 4.78 is 6.40. The SMILES string of the molecule is Cc1ncsc1-c1ccc([C@H](C)NC(=O)[C@@H]2C[C@@H](O)CN2C(=O)[C@@H](NC(=O)CN2[C@H]3CC[C@H]2CN(CCCc2ccc(C(=O)NC4C(C)(C)C(Oc5ccc(C#N)c(Cl)c5)C4(C)C)cc2)C3)C(C)(C)C)cc1.